The summed E-state index contributed by atoms with van der Waals surface area (Å²) in [6, 6.07) is 0. The van der Waals surface area contributed by atoms with Crippen LogP contribution in [0, 0.1) is 0 Å². The summed E-state index contributed by atoms with van der Waals surface area (Å²) in [5, 5.41) is 0. The molecule has 0 fully saturated rings. The van der Waals surface area contributed by atoms with Gasteiger partial charge in [0.15, 0.2) is 6.67 Å². The zero-order chi connectivity index (χ0) is 17.6. The Morgan fingerprint density at radius 3 is 1.78 bits per heavy atom. The summed E-state index contributed by atoms with van der Waals surface area (Å²) >= 11 is 0. The molecule has 1 N–H and O–H groups in total. The molecule has 0 amide bonds. The van der Waals surface area contributed by atoms with Crippen LogP contribution in [0.5, 0.6) is 0 Å². The third kappa shape index (κ3) is 19.3. The molecule has 1 rings (SSSR count). The van der Waals surface area contributed by atoms with Crippen molar-refractivity contribution >= 4 is 10.4 Å². The van der Waals surface area contributed by atoms with Gasteiger partial charge in [-0.15, -0.1) is 0 Å². The number of nitrogens with one attached hydrogen (secondary N) is 1. The molecule has 7 heteroatoms. The summed E-state index contributed by atoms with van der Waals surface area (Å²) in [6.45, 7) is 4.70. The Hall–Kier alpha value is -0.630. The summed E-state index contributed by atoms with van der Waals surface area (Å²) in [7, 11) is -2.95. The fourth-order valence-corrected chi connectivity index (χ4v) is 2.61. The molecular weight excluding hydrogens is 316 g/mol. The smallest absolute Gasteiger partial charge is 0.156 e. The number of hydrogen-bond donors (Lipinski definition) is 1. The molecule has 0 spiro atoms. The molecule has 1 heterocycles. The Balaban J connectivity index is 0.000000841. The average Bonchev–Trinajstić information content (AvgIpc) is 2.85. The lowest BCUT2D eigenvalue weighted by Crippen LogP contribution is -3.03. The van der Waals surface area contributed by atoms with E-state index in [1.54, 1.807) is 0 Å². The van der Waals surface area contributed by atoms with E-state index in [0.29, 0.717) is 0 Å². The van der Waals surface area contributed by atoms with Crippen molar-refractivity contribution in [3.05, 3.63) is 12.4 Å². The van der Waals surface area contributed by atoms with Crippen LogP contribution in [0.15, 0.2) is 12.4 Å². The number of rotatable bonds is 11. The minimum atomic E-state index is -5.17. The van der Waals surface area contributed by atoms with Crippen LogP contribution in [0.4, 0.5) is 0 Å². The Morgan fingerprint density at radius 1 is 0.957 bits per heavy atom. The highest BCUT2D eigenvalue weighted by atomic mass is 32.3. The minimum Gasteiger partial charge on any atom is -0.759 e. The van der Waals surface area contributed by atoms with Gasteiger partial charge in [0.1, 0.15) is 6.20 Å². The highest BCUT2D eigenvalue weighted by Gasteiger charge is 2.11. The number of quaternary nitrogens is 1. The second kappa shape index (κ2) is 13.8. The third-order valence-electron chi connectivity index (χ3n) is 3.82. The first-order valence-electron chi connectivity index (χ1n) is 8.74. The van der Waals surface area contributed by atoms with Crippen LogP contribution in [-0.2, 0) is 10.4 Å². The first-order chi connectivity index (χ1) is 10.8. The van der Waals surface area contributed by atoms with Crippen molar-refractivity contribution in [2.24, 2.45) is 0 Å². The Kier molecular flexibility index (Phi) is 13.4. The lowest BCUT2D eigenvalue weighted by Gasteiger charge is -2.14. The Morgan fingerprint density at radius 2 is 1.39 bits per heavy atom. The van der Waals surface area contributed by atoms with Crippen molar-refractivity contribution in [3.8, 4) is 0 Å². The molecular formula is C16H33N2O4S-. The van der Waals surface area contributed by atoms with Gasteiger partial charge in [-0.1, -0.05) is 64.7 Å². The number of unbranched alkanes of at least 4 members (excludes halogenated alkanes) is 9. The van der Waals surface area contributed by atoms with E-state index < -0.39 is 10.4 Å². The SMILES string of the molecule is CCCCCCCCCCCCN1C=C[NH+](C)C1.O=S(=O)([O-])[O-]. The Bertz CT molecular complexity index is 391. The zero-order valence-electron chi connectivity index (χ0n) is 14.6. The largest absolute Gasteiger partial charge is 0.759 e. The molecule has 1 atom stereocenters. The minimum absolute atomic E-state index is 1.16. The van der Waals surface area contributed by atoms with Crippen LogP contribution in [0.1, 0.15) is 71.1 Å². The van der Waals surface area contributed by atoms with Gasteiger partial charge in [-0.2, -0.15) is 0 Å². The van der Waals surface area contributed by atoms with Gasteiger partial charge in [-0.05, 0) is 6.42 Å². The van der Waals surface area contributed by atoms with Crippen molar-refractivity contribution in [1.29, 1.82) is 0 Å². The molecule has 0 saturated heterocycles. The van der Waals surface area contributed by atoms with Crippen LogP contribution in [-0.4, -0.2) is 42.7 Å². The van der Waals surface area contributed by atoms with E-state index in [9.17, 15) is 0 Å². The maximum absolute atomic E-state index is 8.52. The zero-order valence-corrected chi connectivity index (χ0v) is 15.4. The molecule has 138 valence electrons. The van der Waals surface area contributed by atoms with E-state index in [2.05, 4.69) is 31.3 Å². The Labute approximate surface area is 142 Å². The van der Waals surface area contributed by atoms with E-state index >= 15 is 0 Å². The van der Waals surface area contributed by atoms with Crippen LogP contribution in [0.25, 0.3) is 0 Å². The topological polar surface area (TPSA) is 87.9 Å². The van der Waals surface area contributed by atoms with Gasteiger partial charge in [-0.3, -0.25) is 13.3 Å². The van der Waals surface area contributed by atoms with Crippen molar-refractivity contribution in [2.45, 2.75) is 71.1 Å². The molecule has 0 aromatic heterocycles. The summed E-state index contributed by atoms with van der Waals surface area (Å²) in [5.41, 5.74) is 0. The fourth-order valence-electron chi connectivity index (χ4n) is 2.61. The van der Waals surface area contributed by atoms with E-state index in [1.807, 2.05) is 0 Å². The molecule has 23 heavy (non-hydrogen) atoms. The number of hydrogen-bond acceptors (Lipinski definition) is 5. The monoisotopic (exact) mass is 349 g/mol. The second-order valence-electron chi connectivity index (χ2n) is 6.22. The molecule has 1 unspecified atom stereocenters. The van der Waals surface area contributed by atoms with Crippen molar-refractivity contribution in [1.82, 2.24) is 4.90 Å². The average molecular weight is 350 g/mol. The normalized spacial score (nSPS) is 17.2. The van der Waals surface area contributed by atoms with Gasteiger partial charge in [0, 0.05) is 16.9 Å². The standard InChI is InChI=1S/C16H32N2.H2O4S/c1-3-4-5-6-7-8-9-10-11-12-13-18-15-14-17(2)16-18;1-5(2,3)4/h14-15H,3-13,16H2,1-2H3;(H2,1,2,3,4)/p-1. The predicted molar refractivity (Wildman–Crippen MR) is 89.9 cm³/mol. The van der Waals surface area contributed by atoms with E-state index in [0.717, 1.165) is 6.67 Å². The molecule has 1 aliphatic rings. The highest BCUT2D eigenvalue weighted by Crippen LogP contribution is 2.10. The van der Waals surface area contributed by atoms with Gasteiger partial charge in [-0.25, -0.2) is 0 Å². The first-order valence-corrected chi connectivity index (χ1v) is 10.1. The lowest BCUT2D eigenvalue weighted by atomic mass is 10.1. The van der Waals surface area contributed by atoms with Crippen LogP contribution in [0.2, 0.25) is 0 Å². The molecule has 0 aromatic carbocycles. The van der Waals surface area contributed by atoms with E-state index in [1.165, 1.54) is 75.7 Å². The summed E-state index contributed by atoms with van der Waals surface area (Å²) in [4.78, 5) is 3.95. The molecule has 0 aromatic rings. The third-order valence-corrected chi connectivity index (χ3v) is 3.82. The maximum atomic E-state index is 8.52. The first kappa shape index (κ1) is 22.4. The van der Waals surface area contributed by atoms with Gasteiger partial charge in [0.05, 0.1) is 13.2 Å². The van der Waals surface area contributed by atoms with Crippen LogP contribution < -0.4 is 4.90 Å². The van der Waals surface area contributed by atoms with Gasteiger partial charge < -0.3 is 14.0 Å². The highest BCUT2D eigenvalue weighted by molar-refractivity contribution is 7.79. The molecule has 6 nitrogen and oxygen atoms in total. The van der Waals surface area contributed by atoms with Crippen molar-refractivity contribution < 1.29 is 22.4 Å². The molecule has 0 saturated carbocycles. The summed E-state index contributed by atoms with van der Waals surface area (Å²) < 4.78 is 34.1. The molecule has 0 radical (unpaired) electrons. The second-order valence-corrected chi connectivity index (χ2v) is 7.04. The summed E-state index contributed by atoms with van der Waals surface area (Å²) in [6.07, 6.45) is 18.8. The predicted octanol–water partition coefficient (Wildman–Crippen LogP) is 1.83. The van der Waals surface area contributed by atoms with Crippen LogP contribution in [0.3, 0.4) is 0 Å². The lowest BCUT2D eigenvalue weighted by molar-refractivity contribution is -0.826. The van der Waals surface area contributed by atoms with Gasteiger partial charge in [0.25, 0.3) is 0 Å². The van der Waals surface area contributed by atoms with Gasteiger partial charge in [0.2, 0.25) is 0 Å². The summed E-state index contributed by atoms with van der Waals surface area (Å²) in [5.74, 6) is 0. The fraction of sp³-hybridized carbons (Fsp3) is 0.875. The molecule has 1 aliphatic heterocycles. The van der Waals surface area contributed by atoms with E-state index in [4.69, 9.17) is 17.5 Å². The number of nitrogens with zero attached hydrogens (tertiary/aromatic N) is 1. The van der Waals surface area contributed by atoms with Crippen LogP contribution >= 0.6 is 0 Å². The molecule has 0 aliphatic carbocycles. The molecule has 0 bridgehead atoms. The van der Waals surface area contributed by atoms with Crippen molar-refractivity contribution in [3.63, 3.8) is 0 Å². The quantitative estimate of drug-likeness (QED) is 0.349. The maximum Gasteiger partial charge on any atom is 0.156 e. The van der Waals surface area contributed by atoms with E-state index in [-0.39, 0.29) is 0 Å². The van der Waals surface area contributed by atoms with Gasteiger partial charge >= 0.3 is 0 Å². The van der Waals surface area contributed by atoms with Crippen molar-refractivity contribution in [2.75, 3.05) is 20.3 Å².